The van der Waals surface area contributed by atoms with E-state index >= 15 is 0 Å². The van der Waals surface area contributed by atoms with E-state index in [0.717, 1.165) is 4.78 Å². The molecule has 1 saturated heterocycles. The van der Waals surface area contributed by atoms with Gasteiger partial charge in [-0.05, 0) is 39.1 Å². The van der Waals surface area contributed by atoms with Crippen LogP contribution >= 0.6 is 22.7 Å². The van der Waals surface area contributed by atoms with Gasteiger partial charge in [0.2, 0.25) is 5.78 Å². The van der Waals surface area contributed by atoms with Crippen molar-refractivity contribution in [2.75, 3.05) is 0 Å². The van der Waals surface area contributed by atoms with Gasteiger partial charge in [-0.15, -0.1) is 22.7 Å². The van der Waals surface area contributed by atoms with Gasteiger partial charge in [0.15, 0.2) is 5.01 Å². The molecule has 0 bridgehead atoms. The van der Waals surface area contributed by atoms with Crippen LogP contribution < -0.4 is 4.78 Å². The molecular weight excluding hydrogens is 305 g/mol. The van der Waals surface area contributed by atoms with Crippen LogP contribution in [-0.4, -0.2) is 29.1 Å². The summed E-state index contributed by atoms with van der Waals surface area (Å²) in [4.78, 5) is 17.2. The zero-order chi connectivity index (χ0) is 15.3. The topological polar surface area (TPSA) is 48.4 Å². The predicted molar refractivity (Wildman–Crippen MR) is 85.6 cm³/mol. The lowest BCUT2D eigenvalue weighted by Crippen LogP contribution is -2.41. The first kappa shape index (κ1) is 14.9. The van der Waals surface area contributed by atoms with E-state index in [9.17, 15) is 4.79 Å². The Balaban J connectivity index is 1.82. The quantitative estimate of drug-likeness (QED) is 0.644. The molecule has 2 aromatic heterocycles. The monoisotopic (exact) mass is 321 g/mol. The summed E-state index contributed by atoms with van der Waals surface area (Å²) in [6.45, 7) is 8.02. The molecule has 0 radical (unpaired) electrons. The lowest BCUT2D eigenvalue weighted by Gasteiger charge is -2.32. The van der Waals surface area contributed by atoms with Gasteiger partial charge in [-0.25, -0.2) is 4.98 Å². The summed E-state index contributed by atoms with van der Waals surface area (Å²) in [6, 6.07) is 3.67. The SMILES string of the molecule is CC1(C)OB(c2cnc(C(=O)c3cccs3)s2)OC1(C)C. The van der Waals surface area contributed by atoms with Gasteiger partial charge in [0.1, 0.15) is 0 Å². The number of nitrogens with zero attached hydrogens (tertiary/aromatic N) is 1. The van der Waals surface area contributed by atoms with Gasteiger partial charge in [-0.3, -0.25) is 4.79 Å². The van der Waals surface area contributed by atoms with E-state index in [1.165, 1.54) is 22.7 Å². The minimum atomic E-state index is -0.461. The number of thiazole rings is 1. The van der Waals surface area contributed by atoms with E-state index < -0.39 is 7.12 Å². The minimum Gasteiger partial charge on any atom is -0.399 e. The lowest BCUT2D eigenvalue weighted by molar-refractivity contribution is 0.00578. The standard InChI is InChI=1S/C14H16BNO3S2/c1-13(2)14(3,4)19-15(18-13)10-8-16-12(21-10)11(17)9-6-5-7-20-9/h5-8H,1-4H3. The number of hydrogen-bond donors (Lipinski definition) is 0. The lowest BCUT2D eigenvalue weighted by atomic mass is 9.89. The Morgan fingerprint density at radius 3 is 2.48 bits per heavy atom. The summed E-state index contributed by atoms with van der Waals surface area (Å²) in [6.07, 6.45) is 1.67. The third kappa shape index (κ3) is 2.59. The van der Waals surface area contributed by atoms with Crippen LogP contribution in [0.25, 0.3) is 0 Å². The Kier molecular flexibility index (Phi) is 3.56. The van der Waals surface area contributed by atoms with Crippen LogP contribution in [0.3, 0.4) is 0 Å². The van der Waals surface area contributed by atoms with Crippen LogP contribution in [0.1, 0.15) is 42.4 Å². The number of ketones is 1. The highest BCUT2D eigenvalue weighted by molar-refractivity contribution is 7.24. The van der Waals surface area contributed by atoms with Gasteiger partial charge in [-0.1, -0.05) is 6.07 Å². The molecule has 1 fully saturated rings. The average molecular weight is 321 g/mol. The number of aromatic nitrogens is 1. The van der Waals surface area contributed by atoms with E-state index in [4.69, 9.17) is 9.31 Å². The van der Waals surface area contributed by atoms with Crippen molar-refractivity contribution in [1.29, 1.82) is 0 Å². The molecule has 0 saturated carbocycles. The summed E-state index contributed by atoms with van der Waals surface area (Å²) in [5.41, 5.74) is -0.779. The smallest absolute Gasteiger partial charge is 0.399 e. The van der Waals surface area contributed by atoms with Crippen molar-refractivity contribution in [2.45, 2.75) is 38.9 Å². The maximum absolute atomic E-state index is 12.3. The second-order valence-electron chi connectivity index (χ2n) is 5.96. The highest BCUT2D eigenvalue weighted by Crippen LogP contribution is 2.36. The third-order valence-electron chi connectivity index (χ3n) is 3.95. The summed E-state index contributed by atoms with van der Waals surface area (Å²) in [5.74, 6) is -0.0437. The van der Waals surface area contributed by atoms with E-state index in [0.29, 0.717) is 9.88 Å². The van der Waals surface area contributed by atoms with Gasteiger partial charge >= 0.3 is 7.12 Å². The molecule has 1 aliphatic heterocycles. The second-order valence-corrected chi connectivity index (χ2v) is 7.97. The number of carbonyl (C=O) groups is 1. The predicted octanol–water partition coefficient (Wildman–Crippen LogP) is 2.73. The molecule has 3 heterocycles. The van der Waals surface area contributed by atoms with Crippen LogP contribution in [0.15, 0.2) is 23.7 Å². The van der Waals surface area contributed by atoms with E-state index in [1.54, 1.807) is 6.20 Å². The number of thiophene rings is 1. The average Bonchev–Trinajstić information content (AvgIpc) is 3.10. The molecule has 4 nitrogen and oxygen atoms in total. The van der Waals surface area contributed by atoms with E-state index in [1.807, 2.05) is 45.2 Å². The molecule has 3 rings (SSSR count). The molecule has 0 atom stereocenters. The van der Waals surface area contributed by atoms with Crippen molar-refractivity contribution >= 4 is 40.4 Å². The first-order valence-electron chi connectivity index (χ1n) is 6.70. The summed E-state index contributed by atoms with van der Waals surface area (Å²) < 4.78 is 12.8. The van der Waals surface area contributed by atoms with Crippen molar-refractivity contribution in [1.82, 2.24) is 4.98 Å². The molecule has 0 unspecified atom stereocenters. The molecule has 0 amide bonds. The molecule has 0 N–H and O–H groups in total. The van der Waals surface area contributed by atoms with Crippen LogP contribution in [-0.2, 0) is 9.31 Å². The van der Waals surface area contributed by atoms with Gasteiger partial charge < -0.3 is 9.31 Å². The molecule has 7 heteroatoms. The zero-order valence-corrected chi connectivity index (χ0v) is 14.0. The second kappa shape index (κ2) is 5.02. The fourth-order valence-electron chi connectivity index (χ4n) is 1.97. The fraction of sp³-hybridized carbons (Fsp3) is 0.429. The first-order chi connectivity index (χ1) is 9.80. The van der Waals surface area contributed by atoms with Crippen molar-refractivity contribution < 1.29 is 14.1 Å². The Hall–Kier alpha value is -1.02. The van der Waals surface area contributed by atoms with Gasteiger partial charge in [0, 0.05) is 6.20 Å². The van der Waals surface area contributed by atoms with Crippen LogP contribution in [0.4, 0.5) is 0 Å². The van der Waals surface area contributed by atoms with Crippen molar-refractivity contribution in [3.63, 3.8) is 0 Å². The van der Waals surface area contributed by atoms with Gasteiger partial charge in [-0.2, -0.15) is 0 Å². The summed E-state index contributed by atoms with van der Waals surface area (Å²) in [5, 5.41) is 2.36. The van der Waals surface area contributed by atoms with Crippen molar-refractivity contribution in [3.8, 4) is 0 Å². The summed E-state index contributed by atoms with van der Waals surface area (Å²) >= 11 is 2.76. The molecular formula is C14H16BNO3S2. The molecule has 0 spiro atoms. The Morgan fingerprint density at radius 1 is 1.24 bits per heavy atom. The highest BCUT2D eigenvalue weighted by atomic mass is 32.1. The van der Waals surface area contributed by atoms with Crippen molar-refractivity contribution in [2.24, 2.45) is 0 Å². The minimum absolute atomic E-state index is 0.0437. The molecule has 0 aromatic carbocycles. The number of rotatable bonds is 3. The van der Waals surface area contributed by atoms with E-state index in [-0.39, 0.29) is 17.0 Å². The number of hydrogen-bond acceptors (Lipinski definition) is 6. The Morgan fingerprint density at radius 2 is 1.90 bits per heavy atom. The number of carbonyl (C=O) groups excluding carboxylic acids is 1. The molecule has 110 valence electrons. The molecule has 2 aromatic rings. The highest BCUT2D eigenvalue weighted by Gasteiger charge is 2.52. The molecule has 0 aliphatic carbocycles. The maximum Gasteiger partial charge on any atom is 0.507 e. The zero-order valence-electron chi connectivity index (χ0n) is 12.4. The third-order valence-corrected chi connectivity index (χ3v) is 5.83. The first-order valence-corrected chi connectivity index (χ1v) is 8.39. The maximum atomic E-state index is 12.3. The van der Waals surface area contributed by atoms with Crippen LogP contribution in [0.2, 0.25) is 0 Å². The largest absolute Gasteiger partial charge is 0.507 e. The van der Waals surface area contributed by atoms with Crippen molar-refractivity contribution in [3.05, 3.63) is 33.6 Å². The molecule has 21 heavy (non-hydrogen) atoms. The van der Waals surface area contributed by atoms with Gasteiger partial charge in [0.25, 0.3) is 0 Å². The Labute approximate surface area is 132 Å². The summed E-state index contributed by atoms with van der Waals surface area (Å²) in [7, 11) is -0.461. The van der Waals surface area contributed by atoms with E-state index in [2.05, 4.69) is 4.98 Å². The van der Waals surface area contributed by atoms with Crippen LogP contribution in [0, 0.1) is 0 Å². The normalized spacial score (nSPS) is 19.9. The fourth-order valence-corrected chi connectivity index (χ4v) is 3.53. The Bertz CT molecular complexity index is 648. The van der Waals surface area contributed by atoms with Crippen LogP contribution in [0.5, 0.6) is 0 Å². The van der Waals surface area contributed by atoms with Gasteiger partial charge in [0.05, 0.1) is 20.9 Å². The molecule has 1 aliphatic rings.